The third kappa shape index (κ3) is 6.18. The van der Waals surface area contributed by atoms with E-state index in [4.69, 9.17) is 0 Å². The normalized spacial score (nSPS) is 11.5. The predicted octanol–water partition coefficient (Wildman–Crippen LogP) is 2.46. The zero-order valence-corrected chi connectivity index (χ0v) is 12.4. The highest BCUT2D eigenvalue weighted by Crippen LogP contribution is 2.09. The molecule has 5 nitrogen and oxygen atoms in total. The van der Waals surface area contributed by atoms with E-state index in [9.17, 15) is 4.79 Å². The number of anilines is 1. The number of nitrogens with zero attached hydrogens (tertiary/aromatic N) is 2. The lowest BCUT2D eigenvalue weighted by molar-refractivity contribution is 0.0947. The number of nitrogens with one attached hydrogen (secondary N) is 2. The predicted molar refractivity (Wildman–Crippen MR) is 77.2 cm³/mol. The fraction of sp³-hybridized carbons (Fsp3) is 0.643. The van der Waals surface area contributed by atoms with E-state index < -0.39 is 0 Å². The Morgan fingerprint density at radius 2 is 2.05 bits per heavy atom. The van der Waals surface area contributed by atoms with Crippen LogP contribution in [0.25, 0.3) is 0 Å². The second-order valence-electron chi connectivity index (χ2n) is 6.08. The molecule has 1 heterocycles. The van der Waals surface area contributed by atoms with Gasteiger partial charge in [0.25, 0.3) is 5.91 Å². The standard InChI is InChI=1S/C14H24N4O/c1-10(2)6-8-15-12(19)11-7-9-16-13(17-11)18-14(3,4)5/h7,9-10H,6,8H2,1-5H3,(H,15,19)(H,16,17,18). The summed E-state index contributed by atoms with van der Waals surface area (Å²) in [6.07, 6.45) is 2.56. The summed E-state index contributed by atoms with van der Waals surface area (Å²) in [7, 11) is 0. The highest BCUT2D eigenvalue weighted by molar-refractivity contribution is 5.92. The van der Waals surface area contributed by atoms with Gasteiger partial charge in [-0.05, 0) is 39.2 Å². The first-order valence-electron chi connectivity index (χ1n) is 6.67. The molecule has 2 N–H and O–H groups in total. The fourth-order valence-corrected chi connectivity index (χ4v) is 1.45. The van der Waals surface area contributed by atoms with Crippen LogP contribution >= 0.6 is 0 Å². The molecule has 0 radical (unpaired) electrons. The Kier molecular flexibility index (Phi) is 5.27. The van der Waals surface area contributed by atoms with Crippen LogP contribution < -0.4 is 10.6 Å². The molecule has 0 aromatic carbocycles. The molecule has 0 saturated carbocycles. The molecule has 0 saturated heterocycles. The lowest BCUT2D eigenvalue weighted by Crippen LogP contribution is -2.29. The SMILES string of the molecule is CC(C)CCNC(=O)c1ccnc(NC(C)(C)C)n1. The van der Waals surface area contributed by atoms with Crippen LogP contribution in [0.4, 0.5) is 5.95 Å². The van der Waals surface area contributed by atoms with Crippen LogP contribution in [0.3, 0.4) is 0 Å². The Balaban J connectivity index is 2.63. The Bertz CT molecular complexity index is 424. The van der Waals surface area contributed by atoms with Crippen LogP contribution in [0.1, 0.15) is 51.5 Å². The van der Waals surface area contributed by atoms with E-state index in [1.165, 1.54) is 0 Å². The van der Waals surface area contributed by atoms with Crippen molar-refractivity contribution in [3.8, 4) is 0 Å². The van der Waals surface area contributed by atoms with Gasteiger partial charge < -0.3 is 10.6 Å². The van der Waals surface area contributed by atoms with Gasteiger partial charge in [0.1, 0.15) is 5.69 Å². The molecule has 0 aliphatic carbocycles. The van der Waals surface area contributed by atoms with Crippen LogP contribution in [0.15, 0.2) is 12.3 Å². The molecule has 5 heteroatoms. The van der Waals surface area contributed by atoms with Gasteiger partial charge in [-0.3, -0.25) is 4.79 Å². The maximum atomic E-state index is 11.9. The molecule has 0 aliphatic rings. The summed E-state index contributed by atoms with van der Waals surface area (Å²) in [6, 6.07) is 1.62. The maximum Gasteiger partial charge on any atom is 0.270 e. The topological polar surface area (TPSA) is 66.9 Å². The van der Waals surface area contributed by atoms with Crippen molar-refractivity contribution in [1.29, 1.82) is 0 Å². The summed E-state index contributed by atoms with van der Waals surface area (Å²) >= 11 is 0. The largest absolute Gasteiger partial charge is 0.351 e. The number of rotatable bonds is 5. The second kappa shape index (κ2) is 6.50. The van der Waals surface area contributed by atoms with Gasteiger partial charge in [-0.1, -0.05) is 13.8 Å². The minimum atomic E-state index is -0.153. The molecule has 19 heavy (non-hydrogen) atoms. The van der Waals surface area contributed by atoms with Gasteiger partial charge in [0, 0.05) is 18.3 Å². The van der Waals surface area contributed by atoms with Gasteiger partial charge in [0.15, 0.2) is 0 Å². The zero-order valence-electron chi connectivity index (χ0n) is 12.4. The Morgan fingerprint density at radius 1 is 1.37 bits per heavy atom. The fourth-order valence-electron chi connectivity index (χ4n) is 1.45. The minimum Gasteiger partial charge on any atom is -0.351 e. The van der Waals surface area contributed by atoms with E-state index in [1.807, 2.05) is 20.8 Å². The van der Waals surface area contributed by atoms with E-state index in [2.05, 4.69) is 34.4 Å². The van der Waals surface area contributed by atoms with Crippen molar-refractivity contribution in [3.63, 3.8) is 0 Å². The third-order valence-electron chi connectivity index (χ3n) is 2.38. The van der Waals surface area contributed by atoms with Crippen molar-refractivity contribution in [2.75, 3.05) is 11.9 Å². The van der Waals surface area contributed by atoms with Gasteiger partial charge in [0.05, 0.1) is 0 Å². The van der Waals surface area contributed by atoms with Crippen LogP contribution in [-0.2, 0) is 0 Å². The number of carbonyl (C=O) groups is 1. The summed E-state index contributed by atoms with van der Waals surface area (Å²) in [5.41, 5.74) is 0.262. The van der Waals surface area contributed by atoms with Crippen LogP contribution in [0.5, 0.6) is 0 Å². The van der Waals surface area contributed by atoms with Crippen LogP contribution in [0.2, 0.25) is 0 Å². The maximum absolute atomic E-state index is 11.9. The Labute approximate surface area is 115 Å². The van der Waals surface area contributed by atoms with Gasteiger partial charge in [-0.25, -0.2) is 9.97 Å². The molecule has 106 valence electrons. The average Bonchev–Trinajstić information content (AvgIpc) is 2.26. The summed E-state index contributed by atoms with van der Waals surface area (Å²) in [5, 5.41) is 6.01. The Morgan fingerprint density at radius 3 is 2.63 bits per heavy atom. The van der Waals surface area contributed by atoms with Gasteiger partial charge in [-0.2, -0.15) is 0 Å². The highest BCUT2D eigenvalue weighted by Gasteiger charge is 2.13. The van der Waals surface area contributed by atoms with Crippen molar-refractivity contribution in [2.45, 2.75) is 46.6 Å². The summed E-state index contributed by atoms with van der Waals surface area (Å²) in [5.74, 6) is 0.896. The zero-order chi connectivity index (χ0) is 14.5. The van der Waals surface area contributed by atoms with Gasteiger partial charge in [-0.15, -0.1) is 0 Å². The quantitative estimate of drug-likeness (QED) is 0.857. The molecule has 0 spiro atoms. The van der Waals surface area contributed by atoms with E-state index >= 15 is 0 Å². The van der Waals surface area contributed by atoms with Gasteiger partial charge >= 0.3 is 0 Å². The molecule has 1 amide bonds. The van der Waals surface area contributed by atoms with Crippen molar-refractivity contribution in [2.24, 2.45) is 5.92 Å². The lowest BCUT2D eigenvalue weighted by atomic mass is 10.1. The first kappa shape index (κ1) is 15.4. The van der Waals surface area contributed by atoms with Crippen LogP contribution in [-0.4, -0.2) is 28.0 Å². The molecule has 0 aliphatic heterocycles. The summed E-state index contributed by atoms with van der Waals surface area (Å²) in [4.78, 5) is 20.2. The molecular formula is C14H24N4O. The number of hydrogen-bond acceptors (Lipinski definition) is 4. The number of hydrogen-bond donors (Lipinski definition) is 2. The smallest absolute Gasteiger partial charge is 0.270 e. The highest BCUT2D eigenvalue weighted by atomic mass is 16.1. The van der Waals surface area contributed by atoms with Crippen LogP contribution in [0, 0.1) is 5.92 Å². The molecule has 0 unspecified atom stereocenters. The first-order chi connectivity index (χ1) is 8.78. The van der Waals surface area contributed by atoms with Crippen molar-refractivity contribution >= 4 is 11.9 Å². The van der Waals surface area contributed by atoms with E-state index in [0.717, 1.165) is 6.42 Å². The molecule has 0 fully saturated rings. The van der Waals surface area contributed by atoms with E-state index in [1.54, 1.807) is 12.3 Å². The molecule has 1 aromatic rings. The second-order valence-corrected chi connectivity index (χ2v) is 6.08. The average molecular weight is 264 g/mol. The van der Waals surface area contributed by atoms with Crippen molar-refractivity contribution in [3.05, 3.63) is 18.0 Å². The number of aromatic nitrogens is 2. The monoisotopic (exact) mass is 264 g/mol. The Hall–Kier alpha value is -1.65. The number of amides is 1. The molecule has 0 bridgehead atoms. The minimum absolute atomic E-state index is 0.132. The molecule has 0 atom stereocenters. The summed E-state index contributed by atoms with van der Waals surface area (Å²) in [6.45, 7) is 11.0. The third-order valence-corrected chi connectivity index (χ3v) is 2.38. The van der Waals surface area contributed by atoms with E-state index in [0.29, 0.717) is 24.1 Å². The molecule has 1 rings (SSSR count). The lowest BCUT2D eigenvalue weighted by Gasteiger charge is -2.20. The molecular weight excluding hydrogens is 240 g/mol. The van der Waals surface area contributed by atoms with Crippen molar-refractivity contribution in [1.82, 2.24) is 15.3 Å². The number of carbonyl (C=O) groups excluding carboxylic acids is 1. The van der Waals surface area contributed by atoms with Gasteiger partial charge in [0.2, 0.25) is 5.95 Å². The summed E-state index contributed by atoms with van der Waals surface area (Å²) < 4.78 is 0. The molecule has 1 aromatic heterocycles. The van der Waals surface area contributed by atoms with E-state index in [-0.39, 0.29) is 11.4 Å². The first-order valence-corrected chi connectivity index (χ1v) is 6.67. The van der Waals surface area contributed by atoms with Crippen molar-refractivity contribution < 1.29 is 4.79 Å².